The van der Waals surface area contributed by atoms with E-state index in [9.17, 15) is 4.79 Å². The molecule has 0 aliphatic heterocycles. The van der Waals surface area contributed by atoms with Gasteiger partial charge in [0, 0.05) is 11.6 Å². The van der Waals surface area contributed by atoms with Gasteiger partial charge in [-0.3, -0.25) is 4.40 Å². The largest absolute Gasteiger partial charge is 0.465 e. The minimum absolute atomic E-state index is 0.197. The highest BCUT2D eigenvalue weighted by atomic mass is 35.5. The molecule has 0 fully saturated rings. The van der Waals surface area contributed by atoms with Gasteiger partial charge in [-0.05, 0) is 6.07 Å². The van der Waals surface area contributed by atoms with Gasteiger partial charge in [0.15, 0.2) is 5.65 Å². The molecule has 18 heavy (non-hydrogen) atoms. The summed E-state index contributed by atoms with van der Waals surface area (Å²) in [6.45, 7) is 6.05. The van der Waals surface area contributed by atoms with Crippen LogP contribution in [-0.4, -0.2) is 27.7 Å². The maximum absolute atomic E-state index is 11.6. The number of halogens is 1. The Bertz CT molecular complexity index is 614. The minimum Gasteiger partial charge on any atom is -0.465 e. The average Bonchev–Trinajstić information content (AvgIpc) is 2.71. The number of rotatable bonds is 1. The molecule has 0 unspecified atom stereocenters. The molecule has 0 bridgehead atoms. The second-order valence-corrected chi connectivity index (χ2v) is 5.44. The molecule has 2 rings (SSSR count). The number of hydrogen-bond donors (Lipinski definition) is 0. The Morgan fingerprint density at radius 3 is 2.61 bits per heavy atom. The standard InChI is InChI=1S/C12H14ClN3O2/c1-12(2,3)11-15-14-9-8(13)5-7(6-16(9)11)10(17)18-4/h5-6H,1-4H3. The van der Waals surface area contributed by atoms with Crippen LogP contribution in [0.25, 0.3) is 5.65 Å². The van der Waals surface area contributed by atoms with E-state index < -0.39 is 5.97 Å². The van der Waals surface area contributed by atoms with E-state index in [1.165, 1.54) is 13.2 Å². The molecule has 0 atom stereocenters. The van der Waals surface area contributed by atoms with E-state index in [0.29, 0.717) is 16.2 Å². The SMILES string of the molecule is COC(=O)c1cc(Cl)c2nnc(C(C)(C)C)n2c1. The van der Waals surface area contributed by atoms with Gasteiger partial charge in [0.1, 0.15) is 5.82 Å². The molecule has 0 aliphatic rings. The summed E-state index contributed by atoms with van der Waals surface area (Å²) in [5, 5.41) is 8.55. The van der Waals surface area contributed by atoms with Gasteiger partial charge in [-0.1, -0.05) is 32.4 Å². The van der Waals surface area contributed by atoms with Crippen molar-refractivity contribution in [3.8, 4) is 0 Å². The average molecular weight is 268 g/mol. The zero-order valence-electron chi connectivity index (χ0n) is 10.7. The Hall–Kier alpha value is -1.62. The van der Waals surface area contributed by atoms with Crippen LogP contribution in [-0.2, 0) is 10.2 Å². The molecule has 0 saturated carbocycles. The van der Waals surface area contributed by atoms with E-state index in [0.717, 1.165) is 5.82 Å². The molecule has 2 aromatic heterocycles. The van der Waals surface area contributed by atoms with Crippen LogP contribution in [0.3, 0.4) is 0 Å². The molecule has 96 valence electrons. The lowest BCUT2D eigenvalue weighted by molar-refractivity contribution is 0.0600. The van der Waals surface area contributed by atoms with Crippen LogP contribution in [0.15, 0.2) is 12.3 Å². The van der Waals surface area contributed by atoms with Crippen LogP contribution in [0.1, 0.15) is 37.0 Å². The molecule has 0 N–H and O–H groups in total. The summed E-state index contributed by atoms with van der Waals surface area (Å²) >= 11 is 6.10. The van der Waals surface area contributed by atoms with Crippen molar-refractivity contribution in [2.24, 2.45) is 0 Å². The van der Waals surface area contributed by atoms with Crippen molar-refractivity contribution in [1.82, 2.24) is 14.6 Å². The third-order valence-electron chi connectivity index (χ3n) is 2.55. The van der Waals surface area contributed by atoms with Crippen molar-refractivity contribution in [3.05, 3.63) is 28.7 Å². The topological polar surface area (TPSA) is 56.5 Å². The number of pyridine rings is 1. The van der Waals surface area contributed by atoms with Gasteiger partial charge in [0.2, 0.25) is 0 Å². The van der Waals surface area contributed by atoms with Crippen LogP contribution in [0, 0.1) is 0 Å². The van der Waals surface area contributed by atoms with Crippen molar-refractivity contribution in [2.75, 3.05) is 7.11 Å². The van der Waals surface area contributed by atoms with E-state index in [1.807, 2.05) is 20.8 Å². The van der Waals surface area contributed by atoms with E-state index in [2.05, 4.69) is 10.2 Å². The first-order valence-corrected chi connectivity index (χ1v) is 5.85. The van der Waals surface area contributed by atoms with Crippen LogP contribution >= 0.6 is 11.6 Å². The lowest BCUT2D eigenvalue weighted by Crippen LogP contribution is -2.16. The van der Waals surface area contributed by atoms with E-state index in [-0.39, 0.29) is 5.41 Å². The van der Waals surface area contributed by atoms with Gasteiger partial charge in [0.05, 0.1) is 17.7 Å². The number of nitrogens with zero attached hydrogens (tertiary/aromatic N) is 3. The number of ether oxygens (including phenoxy) is 1. The highest BCUT2D eigenvalue weighted by Gasteiger charge is 2.23. The molecule has 6 heteroatoms. The Morgan fingerprint density at radius 2 is 2.06 bits per heavy atom. The summed E-state index contributed by atoms with van der Waals surface area (Å²) in [5.41, 5.74) is 0.715. The fourth-order valence-electron chi connectivity index (χ4n) is 1.69. The summed E-state index contributed by atoms with van der Waals surface area (Å²) < 4.78 is 6.42. The van der Waals surface area contributed by atoms with Crippen LogP contribution in [0.5, 0.6) is 0 Å². The number of fused-ring (bicyclic) bond motifs is 1. The predicted octanol–water partition coefficient (Wildman–Crippen LogP) is 2.47. The second-order valence-electron chi connectivity index (χ2n) is 5.04. The maximum atomic E-state index is 11.6. The van der Waals surface area contributed by atoms with Gasteiger partial charge in [0.25, 0.3) is 0 Å². The molecule has 0 radical (unpaired) electrons. The lowest BCUT2D eigenvalue weighted by atomic mass is 9.96. The minimum atomic E-state index is -0.438. The van der Waals surface area contributed by atoms with Crippen molar-refractivity contribution in [2.45, 2.75) is 26.2 Å². The van der Waals surface area contributed by atoms with Crippen LogP contribution in [0.2, 0.25) is 5.02 Å². The lowest BCUT2D eigenvalue weighted by Gasteiger charge is -2.16. The number of methoxy groups -OCH3 is 1. The third kappa shape index (κ3) is 2.06. The summed E-state index contributed by atoms with van der Waals surface area (Å²) in [4.78, 5) is 11.6. The van der Waals surface area contributed by atoms with Crippen LogP contribution in [0.4, 0.5) is 0 Å². The molecule has 5 nitrogen and oxygen atoms in total. The summed E-state index contributed by atoms with van der Waals surface area (Å²) in [5.74, 6) is 0.303. The van der Waals surface area contributed by atoms with Gasteiger partial charge in [-0.15, -0.1) is 10.2 Å². The Morgan fingerprint density at radius 1 is 1.39 bits per heavy atom. The Labute approximate surface area is 110 Å². The first kappa shape index (κ1) is 12.8. The Balaban J connectivity index is 2.72. The Kier molecular flexibility index (Phi) is 3.02. The molecule has 0 aromatic carbocycles. The van der Waals surface area contributed by atoms with Crippen molar-refractivity contribution in [3.63, 3.8) is 0 Å². The zero-order chi connectivity index (χ0) is 13.5. The number of hydrogen-bond acceptors (Lipinski definition) is 4. The van der Waals surface area contributed by atoms with E-state index in [4.69, 9.17) is 16.3 Å². The molecule has 0 amide bonds. The summed E-state index contributed by atoms with van der Waals surface area (Å²) in [6.07, 6.45) is 1.65. The van der Waals surface area contributed by atoms with Gasteiger partial charge >= 0.3 is 5.97 Å². The quantitative estimate of drug-likeness (QED) is 0.745. The predicted molar refractivity (Wildman–Crippen MR) is 68.0 cm³/mol. The van der Waals surface area contributed by atoms with E-state index >= 15 is 0 Å². The number of carbonyl (C=O) groups is 1. The maximum Gasteiger partial charge on any atom is 0.339 e. The summed E-state index contributed by atoms with van der Waals surface area (Å²) in [7, 11) is 1.33. The smallest absolute Gasteiger partial charge is 0.339 e. The third-order valence-corrected chi connectivity index (χ3v) is 2.83. The molecule has 0 saturated heterocycles. The van der Waals surface area contributed by atoms with Crippen molar-refractivity contribution < 1.29 is 9.53 Å². The first-order valence-electron chi connectivity index (χ1n) is 5.47. The number of esters is 1. The molecular weight excluding hydrogens is 254 g/mol. The van der Waals surface area contributed by atoms with Crippen LogP contribution < -0.4 is 0 Å². The molecule has 0 aliphatic carbocycles. The zero-order valence-corrected chi connectivity index (χ0v) is 11.4. The monoisotopic (exact) mass is 267 g/mol. The van der Waals surface area contributed by atoms with Gasteiger partial charge in [-0.25, -0.2) is 4.79 Å². The second kappa shape index (κ2) is 4.24. The fraction of sp³-hybridized carbons (Fsp3) is 0.417. The highest BCUT2D eigenvalue weighted by Crippen LogP contribution is 2.25. The molecular formula is C12H14ClN3O2. The van der Waals surface area contributed by atoms with Gasteiger partial charge in [-0.2, -0.15) is 0 Å². The van der Waals surface area contributed by atoms with Gasteiger partial charge < -0.3 is 4.74 Å². The number of carbonyl (C=O) groups excluding carboxylic acids is 1. The summed E-state index contributed by atoms with van der Waals surface area (Å²) in [6, 6.07) is 1.53. The highest BCUT2D eigenvalue weighted by molar-refractivity contribution is 6.33. The molecule has 2 heterocycles. The normalized spacial score (nSPS) is 11.8. The number of aromatic nitrogens is 3. The molecule has 2 aromatic rings. The van der Waals surface area contributed by atoms with Crippen molar-refractivity contribution >= 4 is 23.2 Å². The molecule has 0 spiro atoms. The fourth-order valence-corrected chi connectivity index (χ4v) is 1.94. The van der Waals surface area contributed by atoms with E-state index in [1.54, 1.807) is 10.6 Å². The van der Waals surface area contributed by atoms with Crippen molar-refractivity contribution in [1.29, 1.82) is 0 Å². The first-order chi connectivity index (χ1) is 8.34.